The quantitative estimate of drug-likeness (QED) is 0.517. The largest absolute Gasteiger partial charge is 0.339 e. The molecule has 1 heterocycles. The van der Waals surface area contributed by atoms with Crippen LogP contribution in [0.5, 0.6) is 0 Å². The molecule has 0 radical (unpaired) electrons. The van der Waals surface area contributed by atoms with E-state index in [0.717, 1.165) is 5.56 Å². The summed E-state index contributed by atoms with van der Waals surface area (Å²) in [6.45, 7) is 0. The van der Waals surface area contributed by atoms with Crippen LogP contribution in [0.4, 0.5) is 10.5 Å². The third kappa shape index (κ3) is 4.53. The summed E-state index contributed by atoms with van der Waals surface area (Å²) in [5.41, 5.74) is 3.64. The molecule has 0 aliphatic carbocycles. The van der Waals surface area contributed by atoms with Crippen molar-refractivity contribution < 1.29 is 4.79 Å². The summed E-state index contributed by atoms with van der Waals surface area (Å²) in [4.78, 5) is 15.4. The summed E-state index contributed by atoms with van der Waals surface area (Å²) < 4.78 is 0. The highest BCUT2D eigenvalue weighted by Crippen LogP contribution is 2.18. The van der Waals surface area contributed by atoms with Gasteiger partial charge < -0.3 is 5.32 Å². The topological polar surface area (TPSA) is 66.4 Å². The molecule has 0 aliphatic heterocycles. The number of halogens is 2. The third-order valence-corrected chi connectivity index (χ3v) is 2.59. The van der Waals surface area contributed by atoms with Gasteiger partial charge in [0.1, 0.15) is 10.3 Å². The molecule has 0 aliphatic rings. The van der Waals surface area contributed by atoms with Gasteiger partial charge >= 0.3 is 6.03 Å². The van der Waals surface area contributed by atoms with Gasteiger partial charge in [-0.05, 0) is 17.7 Å². The molecule has 0 saturated carbocycles. The molecule has 0 fully saturated rings. The van der Waals surface area contributed by atoms with Crippen molar-refractivity contribution in [1.82, 2.24) is 10.4 Å². The Balaban J connectivity index is 1.91. The van der Waals surface area contributed by atoms with E-state index in [9.17, 15) is 4.79 Å². The lowest BCUT2D eigenvalue weighted by atomic mass is 10.2. The smallest absolute Gasteiger partial charge is 0.306 e. The molecule has 0 atom stereocenters. The van der Waals surface area contributed by atoms with Crippen molar-refractivity contribution in [3.05, 3.63) is 58.3 Å². The van der Waals surface area contributed by atoms with Gasteiger partial charge in [-0.2, -0.15) is 5.10 Å². The van der Waals surface area contributed by atoms with E-state index in [4.69, 9.17) is 23.2 Å². The molecule has 2 N–H and O–H groups in total. The van der Waals surface area contributed by atoms with E-state index in [1.807, 2.05) is 30.3 Å². The van der Waals surface area contributed by atoms with Crippen molar-refractivity contribution in [3.8, 4) is 0 Å². The van der Waals surface area contributed by atoms with Crippen LogP contribution in [0.25, 0.3) is 0 Å². The minimum absolute atomic E-state index is 0.195. The number of hydrogen-bond acceptors (Lipinski definition) is 3. The lowest BCUT2D eigenvalue weighted by Crippen LogP contribution is -2.24. The number of carbonyl (C=O) groups is 1. The molecule has 0 unspecified atom stereocenters. The molecule has 0 saturated heterocycles. The number of urea groups is 1. The first-order valence-corrected chi connectivity index (χ1v) is 6.37. The Morgan fingerprint density at radius 3 is 2.45 bits per heavy atom. The number of pyridine rings is 1. The van der Waals surface area contributed by atoms with Crippen molar-refractivity contribution in [3.63, 3.8) is 0 Å². The van der Waals surface area contributed by atoms with Gasteiger partial charge in [-0.3, -0.25) is 0 Å². The van der Waals surface area contributed by atoms with Crippen LogP contribution >= 0.6 is 23.2 Å². The van der Waals surface area contributed by atoms with Crippen LogP contribution < -0.4 is 10.7 Å². The number of amides is 2. The first kappa shape index (κ1) is 14.3. The van der Waals surface area contributed by atoms with Crippen LogP contribution in [-0.2, 0) is 0 Å². The van der Waals surface area contributed by atoms with Gasteiger partial charge in [0.15, 0.2) is 0 Å². The Morgan fingerprint density at radius 1 is 1.15 bits per heavy atom. The van der Waals surface area contributed by atoms with Gasteiger partial charge in [-0.1, -0.05) is 53.5 Å². The van der Waals surface area contributed by atoms with Gasteiger partial charge in [0.2, 0.25) is 0 Å². The van der Waals surface area contributed by atoms with E-state index in [1.165, 1.54) is 18.3 Å². The molecule has 2 amide bonds. The fourth-order valence-corrected chi connectivity index (χ4v) is 1.86. The van der Waals surface area contributed by atoms with Crippen molar-refractivity contribution in [1.29, 1.82) is 0 Å². The predicted octanol–water partition coefficient (Wildman–Crippen LogP) is 3.54. The molecule has 2 rings (SSSR count). The van der Waals surface area contributed by atoms with E-state index < -0.39 is 6.03 Å². The molecule has 2 aromatic rings. The molecule has 1 aromatic heterocycles. The summed E-state index contributed by atoms with van der Waals surface area (Å²) >= 11 is 11.4. The number of rotatable bonds is 3. The number of aromatic nitrogens is 1. The summed E-state index contributed by atoms with van der Waals surface area (Å²) in [5.74, 6) is 0. The van der Waals surface area contributed by atoms with Crippen LogP contribution in [0, 0.1) is 0 Å². The zero-order chi connectivity index (χ0) is 14.4. The predicted molar refractivity (Wildman–Crippen MR) is 80.4 cm³/mol. The maximum Gasteiger partial charge on any atom is 0.339 e. The highest BCUT2D eigenvalue weighted by Gasteiger charge is 2.03. The highest BCUT2D eigenvalue weighted by atomic mass is 35.5. The van der Waals surface area contributed by atoms with Crippen LogP contribution in [-0.4, -0.2) is 17.2 Å². The number of nitrogens with zero attached hydrogens (tertiary/aromatic N) is 2. The number of hydrogen-bond donors (Lipinski definition) is 2. The van der Waals surface area contributed by atoms with Crippen LogP contribution in [0.1, 0.15) is 5.56 Å². The number of hydrazone groups is 1. The van der Waals surface area contributed by atoms with E-state index in [0.29, 0.717) is 5.69 Å². The fraction of sp³-hybridized carbons (Fsp3) is 0. The van der Waals surface area contributed by atoms with E-state index in [1.54, 1.807) is 0 Å². The average molecular weight is 309 g/mol. The summed E-state index contributed by atoms with van der Waals surface area (Å²) in [5, 5.41) is 6.74. The van der Waals surface area contributed by atoms with Gasteiger partial charge in [-0.25, -0.2) is 15.2 Å². The summed E-state index contributed by atoms with van der Waals surface area (Å²) in [6, 6.07) is 11.8. The molecule has 20 heavy (non-hydrogen) atoms. The summed E-state index contributed by atoms with van der Waals surface area (Å²) in [6.07, 6.45) is 1.53. The second kappa shape index (κ2) is 6.88. The van der Waals surface area contributed by atoms with Gasteiger partial charge in [0.25, 0.3) is 0 Å². The van der Waals surface area contributed by atoms with E-state index in [-0.39, 0.29) is 10.3 Å². The minimum Gasteiger partial charge on any atom is -0.306 e. The zero-order valence-corrected chi connectivity index (χ0v) is 11.7. The maximum absolute atomic E-state index is 11.6. The number of carbonyl (C=O) groups excluding carboxylic acids is 1. The summed E-state index contributed by atoms with van der Waals surface area (Å²) in [7, 11) is 0. The zero-order valence-electron chi connectivity index (χ0n) is 10.2. The highest BCUT2D eigenvalue weighted by molar-refractivity contribution is 6.32. The van der Waals surface area contributed by atoms with Gasteiger partial charge in [0.05, 0.1) is 6.21 Å². The van der Waals surface area contributed by atoms with Crippen LogP contribution in [0.3, 0.4) is 0 Å². The molecule has 7 heteroatoms. The number of nitrogens with one attached hydrogen (secondary N) is 2. The second-order valence-electron chi connectivity index (χ2n) is 3.74. The Kier molecular flexibility index (Phi) is 4.92. The lowest BCUT2D eigenvalue weighted by Gasteiger charge is -2.04. The van der Waals surface area contributed by atoms with Crippen molar-refractivity contribution in [2.75, 3.05) is 5.32 Å². The van der Waals surface area contributed by atoms with E-state index >= 15 is 0 Å². The first-order valence-electron chi connectivity index (χ1n) is 5.62. The monoisotopic (exact) mass is 308 g/mol. The molecule has 102 valence electrons. The Bertz CT molecular complexity index is 611. The molecule has 1 aromatic carbocycles. The molecular weight excluding hydrogens is 299 g/mol. The normalized spacial score (nSPS) is 10.5. The van der Waals surface area contributed by atoms with Crippen molar-refractivity contribution in [2.45, 2.75) is 0 Å². The maximum atomic E-state index is 11.6. The standard InChI is InChI=1S/C13H10Cl2N4O/c14-11-6-10(7-12(15)18-11)17-13(20)19-16-8-9-4-2-1-3-5-9/h1-8H,(H2,17,18,19,20). The average Bonchev–Trinajstić information content (AvgIpc) is 2.38. The lowest BCUT2D eigenvalue weighted by molar-refractivity contribution is 0.252. The Labute approximate surface area is 125 Å². The molecule has 5 nitrogen and oxygen atoms in total. The SMILES string of the molecule is O=C(NN=Cc1ccccc1)Nc1cc(Cl)nc(Cl)c1. The Morgan fingerprint density at radius 2 is 1.80 bits per heavy atom. The first-order chi connectivity index (χ1) is 9.63. The van der Waals surface area contributed by atoms with Crippen molar-refractivity contribution in [2.24, 2.45) is 5.10 Å². The number of benzene rings is 1. The van der Waals surface area contributed by atoms with Gasteiger partial charge in [-0.15, -0.1) is 0 Å². The number of anilines is 1. The Hall–Kier alpha value is -2.11. The van der Waals surface area contributed by atoms with Crippen molar-refractivity contribution >= 4 is 41.1 Å². The van der Waals surface area contributed by atoms with Crippen LogP contribution in [0.2, 0.25) is 10.3 Å². The van der Waals surface area contributed by atoms with Crippen LogP contribution in [0.15, 0.2) is 47.6 Å². The second-order valence-corrected chi connectivity index (χ2v) is 4.51. The van der Waals surface area contributed by atoms with E-state index in [2.05, 4.69) is 20.8 Å². The van der Waals surface area contributed by atoms with Gasteiger partial charge in [0, 0.05) is 5.69 Å². The minimum atomic E-state index is -0.504. The molecule has 0 bridgehead atoms. The molecular formula is C13H10Cl2N4O. The third-order valence-electron chi connectivity index (χ3n) is 2.20. The fourth-order valence-electron chi connectivity index (χ4n) is 1.40. The molecule has 0 spiro atoms.